The zero-order valence-electron chi connectivity index (χ0n) is 5.61. The molecule has 0 amide bonds. The second kappa shape index (κ2) is 5.52. The molecule has 0 aliphatic rings. The number of methoxy groups -OCH3 is 1. The number of carbonyl (C=O) groups is 1. The zero-order valence-corrected chi connectivity index (χ0v) is 6.43. The lowest BCUT2D eigenvalue weighted by Crippen LogP contribution is -2.16. The third-order valence-electron chi connectivity index (χ3n) is 0.774. The maximum atomic E-state index is 9.98. The maximum absolute atomic E-state index is 9.98. The Kier molecular flexibility index (Phi) is 5.38. The van der Waals surface area contributed by atoms with Crippen LogP contribution in [0.25, 0.3) is 0 Å². The highest BCUT2D eigenvalue weighted by Gasteiger charge is 2.11. The SMILES string of the molecule is COCCSC(O)C(=O)O. The van der Waals surface area contributed by atoms with Gasteiger partial charge in [-0.2, -0.15) is 0 Å². The fraction of sp³-hybridized carbons (Fsp3) is 0.800. The summed E-state index contributed by atoms with van der Waals surface area (Å²) in [5.41, 5.74) is -1.32. The van der Waals surface area contributed by atoms with E-state index < -0.39 is 11.4 Å². The Balaban J connectivity index is 3.21. The average Bonchev–Trinajstić information content (AvgIpc) is 1.88. The lowest BCUT2D eigenvalue weighted by molar-refractivity contribution is -0.141. The summed E-state index contributed by atoms with van der Waals surface area (Å²) in [7, 11) is 1.52. The van der Waals surface area contributed by atoms with Crippen LogP contribution in [0.15, 0.2) is 0 Å². The first-order chi connectivity index (χ1) is 4.68. The number of ether oxygens (including phenoxy) is 1. The minimum Gasteiger partial charge on any atom is -0.479 e. The average molecular weight is 166 g/mol. The molecule has 0 aromatic rings. The number of aliphatic carboxylic acids is 1. The lowest BCUT2D eigenvalue weighted by atomic mass is 10.7. The molecule has 0 aromatic heterocycles. The van der Waals surface area contributed by atoms with Crippen molar-refractivity contribution < 1.29 is 19.7 Å². The van der Waals surface area contributed by atoms with Gasteiger partial charge in [0.05, 0.1) is 6.61 Å². The molecule has 0 rings (SSSR count). The molecule has 0 spiro atoms. The summed E-state index contributed by atoms with van der Waals surface area (Å²) in [6, 6.07) is 0. The molecule has 5 heteroatoms. The first kappa shape index (κ1) is 9.74. The Morgan fingerprint density at radius 3 is 2.80 bits per heavy atom. The van der Waals surface area contributed by atoms with E-state index in [0.29, 0.717) is 12.4 Å². The van der Waals surface area contributed by atoms with Gasteiger partial charge in [-0.1, -0.05) is 0 Å². The van der Waals surface area contributed by atoms with Crippen LogP contribution in [0, 0.1) is 0 Å². The highest BCUT2D eigenvalue weighted by molar-refractivity contribution is 8.00. The molecule has 0 radical (unpaired) electrons. The monoisotopic (exact) mass is 166 g/mol. The van der Waals surface area contributed by atoms with Gasteiger partial charge in [-0.25, -0.2) is 4.79 Å². The van der Waals surface area contributed by atoms with Crippen molar-refractivity contribution in [1.82, 2.24) is 0 Å². The zero-order chi connectivity index (χ0) is 7.98. The summed E-state index contributed by atoms with van der Waals surface area (Å²) in [5, 5.41) is 16.8. The van der Waals surface area contributed by atoms with Crippen LogP contribution in [-0.2, 0) is 9.53 Å². The van der Waals surface area contributed by atoms with Gasteiger partial charge in [0, 0.05) is 12.9 Å². The Hall–Kier alpha value is -0.260. The summed E-state index contributed by atoms with van der Waals surface area (Å²) in [6.07, 6.45) is 0. The largest absolute Gasteiger partial charge is 0.479 e. The summed E-state index contributed by atoms with van der Waals surface area (Å²) in [6.45, 7) is 0.453. The van der Waals surface area contributed by atoms with Crippen molar-refractivity contribution in [3.8, 4) is 0 Å². The van der Waals surface area contributed by atoms with Crippen LogP contribution in [0.5, 0.6) is 0 Å². The van der Waals surface area contributed by atoms with Gasteiger partial charge < -0.3 is 14.9 Å². The van der Waals surface area contributed by atoms with Crippen LogP contribution in [-0.4, -0.2) is 41.1 Å². The van der Waals surface area contributed by atoms with Gasteiger partial charge in [-0.3, -0.25) is 0 Å². The molecule has 0 saturated carbocycles. The van der Waals surface area contributed by atoms with E-state index in [2.05, 4.69) is 4.74 Å². The van der Waals surface area contributed by atoms with Crippen molar-refractivity contribution in [1.29, 1.82) is 0 Å². The topological polar surface area (TPSA) is 66.8 Å². The van der Waals surface area contributed by atoms with Gasteiger partial charge >= 0.3 is 5.97 Å². The third-order valence-corrected chi connectivity index (χ3v) is 1.69. The molecule has 0 aromatic carbocycles. The highest BCUT2D eigenvalue weighted by Crippen LogP contribution is 2.06. The van der Waals surface area contributed by atoms with Gasteiger partial charge in [0.2, 0.25) is 0 Å². The fourth-order valence-corrected chi connectivity index (χ4v) is 0.943. The van der Waals surface area contributed by atoms with Crippen molar-refractivity contribution >= 4 is 17.7 Å². The van der Waals surface area contributed by atoms with Crippen molar-refractivity contribution in [2.45, 2.75) is 5.44 Å². The van der Waals surface area contributed by atoms with Crippen LogP contribution in [0.3, 0.4) is 0 Å². The number of rotatable bonds is 5. The molecule has 0 aliphatic carbocycles. The summed E-state index contributed by atoms with van der Waals surface area (Å²) >= 11 is 0.940. The standard InChI is InChI=1S/C5H10O4S/c1-9-2-3-10-5(8)4(6)7/h5,8H,2-3H2,1H3,(H,6,7). The van der Waals surface area contributed by atoms with Crippen LogP contribution in [0.4, 0.5) is 0 Å². The molecule has 0 saturated heterocycles. The normalized spacial score (nSPS) is 13.0. The molecule has 60 valence electrons. The van der Waals surface area contributed by atoms with Crippen LogP contribution < -0.4 is 0 Å². The van der Waals surface area contributed by atoms with Crippen LogP contribution in [0.2, 0.25) is 0 Å². The molecule has 0 aliphatic heterocycles. The Labute approximate surface area is 63.2 Å². The Morgan fingerprint density at radius 1 is 1.80 bits per heavy atom. The quantitative estimate of drug-likeness (QED) is 0.436. The van der Waals surface area contributed by atoms with Crippen LogP contribution >= 0.6 is 11.8 Å². The molecule has 0 bridgehead atoms. The van der Waals surface area contributed by atoms with Crippen LogP contribution in [0.1, 0.15) is 0 Å². The van der Waals surface area contributed by atoms with Gasteiger partial charge in [0.25, 0.3) is 0 Å². The van der Waals surface area contributed by atoms with Gasteiger partial charge in [-0.05, 0) is 0 Å². The molecular formula is C5H10O4S. The third kappa shape index (κ3) is 4.60. The fourth-order valence-electron chi connectivity index (χ4n) is 0.314. The van der Waals surface area contributed by atoms with Crippen molar-refractivity contribution in [3.05, 3.63) is 0 Å². The van der Waals surface area contributed by atoms with Gasteiger partial charge in [-0.15, -0.1) is 11.8 Å². The maximum Gasteiger partial charge on any atom is 0.343 e. The number of aliphatic hydroxyl groups excluding tert-OH is 1. The predicted molar refractivity (Wildman–Crippen MR) is 38.0 cm³/mol. The first-order valence-electron chi connectivity index (χ1n) is 2.70. The minimum absolute atomic E-state index is 0.453. The highest BCUT2D eigenvalue weighted by atomic mass is 32.2. The molecule has 10 heavy (non-hydrogen) atoms. The van der Waals surface area contributed by atoms with E-state index in [4.69, 9.17) is 10.2 Å². The van der Waals surface area contributed by atoms with Gasteiger partial charge in [0.1, 0.15) is 0 Å². The molecule has 2 N–H and O–H groups in total. The Morgan fingerprint density at radius 2 is 2.40 bits per heavy atom. The van der Waals surface area contributed by atoms with Crippen molar-refractivity contribution in [3.63, 3.8) is 0 Å². The van der Waals surface area contributed by atoms with Crippen molar-refractivity contribution in [2.24, 2.45) is 0 Å². The lowest BCUT2D eigenvalue weighted by Gasteiger charge is -2.02. The second-order valence-electron chi connectivity index (χ2n) is 1.55. The van der Waals surface area contributed by atoms with E-state index >= 15 is 0 Å². The number of carboxylic acid groups (broad SMARTS) is 1. The molecular weight excluding hydrogens is 156 g/mol. The van der Waals surface area contributed by atoms with Crippen molar-refractivity contribution in [2.75, 3.05) is 19.5 Å². The molecule has 0 heterocycles. The smallest absolute Gasteiger partial charge is 0.343 e. The number of hydrogen-bond donors (Lipinski definition) is 2. The number of thioether (sulfide) groups is 1. The van der Waals surface area contributed by atoms with Gasteiger partial charge in [0.15, 0.2) is 5.44 Å². The molecule has 1 unspecified atom stereocenters. The molecule has 4 nitrogen and oxygen atoms in total. The van der Waals surface area contributed by atoms with E-state index in [0.717, 1.165) is 11.8 Å². The summed E-state index contributed by atoms with van der Waals surface area (Å²) in [5.74, 6) is -0.717. The molecule has 1 atom stereocenters. The number of hydrogen-bond acceptors (Lipinski definition) is 4. The number of carboxylic acids is 1. The van der Waals surface area contributed by atoms with E-state index in [1.807, 2.05) is 0 Å². The summed E-state index contributed by atoms with van der Waals surface area (Å²) in [4.78, 5) is 9.98. The predicted octanol–water partition coefficient (Wildman–Crippen LogP) is -0.231. The summed E-state index contributed by atoms with van der Waals surface area (Å²) < 4.78 is 4.65. The second-order valence-corrected chi connectivity index (χ2v) is 2.74. The molecule has 0 fully saturated rings. The Bertz CT molecular complexity index is 106. The van der Waals surface area contributed by atoms with E-state index in [9.17, 15) is 4.79 Å². The number of aliphatic hydroxyl groups is 1. The van der Waals surface area contributed by atoms with E-state index in [1.165, 1.54) is 7.11 Å². The minimum atomic E-state index is -1.32. The van der Waals surface area contributed by atoms with E-state index in [1.54, 1.807) is 0 Å². The van der Waals surface area contributed by atoms with E-state index in [-0.39, 0.29) is 0 Å². The first-order valence-corrected chi connectivity index (χ1v) is 3.74.